The van der Waals surface area contributed by atoms with Crippen molar-refractivity contribution in [2.75, 3.05) is 11.9 Å². The lowest BCUT2D eigenvalue weighted by Gasteiger charge is -2.12. The second-order valence-electron chi connectivity index (χ2n) is 5.33. The molecule has 2 aromatic carbocycles. The van der Waals surface area contributed by atoms with Crippen molar-refractivity contribution in [3.8, 4) is 5.75 Å². The molecule has 0 atom stereocenters. The van der Waals surface area contributed by atoms with Gasteiger partial charge < -0.3 is 15.2 Å². The van der Waals surface area contributed by atoms with Crippen LogP contribution in [0.5, 0.6) is 5.75 Å². The van der Waals surface area contributed by atoms with Crippen molar-refractivity contribution >= 4 is 28.2 Å². The van der Waals surface area contributed by atoms with Crippen LogP contribution in [0.4, 0.5) is 11.4 Å². The molecular formula is C19H18N2O3. The molecule has 3 rings (SSSR count). The predicted octanol–water partition coefficient (Wildman–Crippen LogP) is 4.00. The Kier molecular flexibility index (Phi) is 4.61. The van der Waals surface area contributed by atoms with Gasteiger partial charge in [-0.1, -0.05) is 18.2 Å². The first-order chi connectivity index (χ1) is 11.7. The SMILES string of the molecule is CCOc1ccc(Nc2cc(CC(=O)O)nc3ccccc23)cc1. The van der Waals surface area contributed by atoms with Gasteiger partial charge in [-0.2, -0.15) is 0 Å². The monoisotopic (exact) mass is 322 g/mol. The highest BCUT2D eigenvalue weighted by molar-refractivity contribution is 5.93. The van der Waals surface area contributed by atoms with Crippen LogP contribution in [0.1, 0.15) is 12.6 Å². The molecule has 0 saturated carbocycles. The second kappa shape index (κ2) is 7.00. The molecule has 5 nitrogen and oxygen atoms in total. The summed E-state index contributed by atoms with van der Waals surface area (Å²) in [5, 5.41) is 13.3. The Labute approximate surface area is 139 Å². The van der Waals surface area contributed by atoms with Gasteiger partial charge in [0.05, 0.1) is 24.2 Å². The highest BCUT2D eigenvalue weighted by Crippen LogP contribution is 2.27. The molecule has 1 heterocycles. The topological polar surface area (TPSA) is 71.5 Å². The van der Waals surface area contributed by atoms with Gasteiger partial charge in [0.1, 0.15) is 5.75 Å². The maximum atomic E-state index is 11.0. The van der Waals surface area contributed by atoms with Gasteiger partial charge >= 0.3 is 5.97 Å². The van der Waals surface area contributed by atoms with E-state index in [-0.39, 0.29) is 6.42 Å². The average molecular weight is 322 g/mol. The maximum Gasteiger partial charge on any atom is 0.309 e. The van der Waals surface area contributed by atoms with E-state index < -0.39 is 5.97 Å². The molecular weight excluding hydrogens is 304 g/mol. The number of nitrogens with one attached hydrogen (secondary N) is 1. The minimum absolute atomic E-state index is 0.108. The smallest absolute Gasteiger partial charge is 0.309 e. The lowest BCUT2D eigenvalue weighted by molar-refractivity contribution is -0.136. The predicted molar refractivity (Wildman–Crippen MR) is 94.0 cm³/mol. The molecule has 0 unspecified atom stereocenters. The van der Waals surface area contributed by atoms with Crippen LogP contribution in [0.3, 0.4) is 0 Å². The molecule has 122 valence electrons. The largest absolute Gasteiger partial charge is 0.494 e. The zero-order valence-electron chi connectivity index (χ0n) is 13.3. The van der Waals surface area contributed by atoms with Crippen LogP contribution in [-0.2, 0) is 11.2 Å². The number of anilines is 2. The van der Waals surface area contributed by atoms with Crippen LogP contribution < -0.4 is 10.1 Å². The third-order valence-corrected chi connectivity index (χ3v) is 3.55. The Morgan fingerprint density at radius 1 is 1.17 bits per heavy atom. The summed E-state index contributed by atoms with van der Waals surface area (Å²) in [6, 6.07) is 17.1. The number of carboxylic acid groups (broad SMARTS) is 1. The van der Waals surface area contributed by atoms with E-state index in [9.17, 15) is 4.79 Å². The van der Waals surface area contributed by atoms with Gasteiger partial charge in [0, 0.05) is 16.8 Å². The number of carbonyl (C=O) groups is 1. The highest BCUT2D eigenvalue weighted by Gasteiger charge is 2.09. The Morgan fingerprint density at radius 3 is 2.62 bits per heavy atom. The average Bonchev–Trinajstić information content (AvgIpc) is 2.56. The lowest BCUT2D eigenvalue weighted by atomic mass is 10.1. The Bertz CT molecular complexity index is 860. The fraction of sp³-hybridized carbons (Fsp3) is 0.158. The Morgan fingerprint density at radius 2 is 1.92 bits per heavy atom. The van der Waals surface area contributed by atoms with Gasteiger partial charge in [0.25, 0.3) is 0 Å². The summed E-state index contributed by atoms with van der Waals surface area (Å²) in [7, 11) is 0. The quantitative estimate of drug-likeness (QED) is 0.717. The van der Waals surface area contributed by atoms with Crippen LogP contribution in [0.25, 0.3) is 10.9 Å². The fourth-order valence-electron chi connectivity index (χ4n) is 2.54. The molecule has 0 fully saturated rings. The summed E-state index contributed by atoms with van der Waals surface area (Å²) < 4.78 is 5.44. The molecule has 0 aliphatic carbocycles. The standard InChI is InChI=1S/C19H18N2O3/c1-2-24-15-9-7-13(8-10-15)20-18-11-14(12-19(22)23)21-17-6-4-3-5-16(17)18/h3-11H,2,12H2,1H3,(H,20,21)(H,22,23). The fourth-order valence-corrected chi connectivity index (χ4v) is 2.54. The zero-order valence-corrected chi connectivity index (χ0v) is 13.3. The van der Waals surface area contributed by atoms with Crippen LogP contribution in [0, 0.1) is 0 Å². The van der Waals surface area contributed by atoms with Crippen molar-refractivity contribution in [1.29, 1.82) is 0 Å². The van der Waals surface area contributed by atoms with Crippen LogP contribution in [0.15, 0.2) is 54.6 Å². The van der Waals surface area contributed by atoms with Crippen molar-refractivity contribution in [2.45, 2.75) is 13.3 Å². The van der Waals surface area contributed by atoms with E-state index in [4.69, 9.17) is 9.84 Å². The third-order valence-electron chi connectivity index (χ3n) is 3.55. The number of ether oxygens (including phenoxy) is 1. The maximum absolute atomic E-state index is 11.0. The molecule has 0 bridgehead atoms. The summed E-state index contributed by atoms with van der Waals surface area (Å²) in [5.74, 6) is -0.0843. The van der Waals surface area contributed by atoms with Crippen LogP contribution >= 0.6 is 0 Å². The first-order valence-corrected chi connectivity index (χ1v) is 7.76. The summed E-state index contributed by atoms with van der Waals surface area (Å²) in [6.07, 6.45) is -0.108. The molecule has 0 spiro atoms. The number of aromatic nitrogens is 1. The number of benzene rings is 2. The van der Waals surface area contributed by atoms with E-state index in [1.165, 1.54) is 0 Å². The van der Waals surface area contributed by atoms with Crippen molar-refractivity contribution in [1.82, 2.24) is 4.98 Å². The van der Waals surface area contributed by atoms with E-state index in [0.29, 0.717) is 12.3 Å². The molecule has 0 saturated heterocycles. The molecule has 0 radical (unpaired) electrons. The zero-order chi connectivity index (χ0) is 16.9. The van der Waals surface area contributed by atoms with Gasteiger partial charge in [0.15, 0.2) is 0 Å². The number of hydrogen-bond acceptors (Lipinski definition) is 4. The van der Waals surface area contributed by atoms with E-state index in [0.717, 1.165) is 28.0 Å². The number of fused-ring (bicyclic) bond motifs is 1. The van der Waals surface area contributed by atoms with Crippen molar-refractivity contribution in [3.63, 3.8) is 0 Å². The normalized spacial score (nSPS) is 10.5. The van der Waals surface area contributed by atoms with Gasteiger partial charge in [0.2, 0.25) is 0 Å². The van der Waals surface area contributed by atoms with E-state index >= 15 is 0 Å². The number of carboxylic acids is 1. The molecule has 0 aliphatic heterocycles. The molecule has 5 heteroatoms. The lowest BCUT2D eigenvalue weighted by Crippen LogP contribution is -2.04. The van der Waals surface area contributed by atoms with Gasteiger partial charge in [-0.05, 0) is 43.3 Å². The first-order valence-electron chi connectivity index (χ1n) is 7.76. The van der Waals surface area contributed by atoms with Crippen molar-refractivity contribution < 1.29 is 14.6 Å². The Hall–Kier alpha value is -3.08. The molecule has 1 aromatic heterocycles. The summed E-state index contributed by atoms with van der Waals surface area (Å²) in [4.78, 5) is 15.4. The molecule has 0 amide bonds. The summed E-state index contributed by atoms with van der Waals surface area (Å²) >= 11 is 0. The molecule has 3 aromatic rings. The van der Waals surface area contributed by atoms with Gasteiger partial charge in [-0.15, -0.1) is 0 Å². The highest BCUT2D eigenvalue weighted by atomic mass is 16.5. The van der Waals surface area contributed by atoms with Gasteiger partial charge in [-0.3, -0.25) is 9.78 Å². The number of para-hydroxylation sites is 1. The minimum Gasteiger partial charge on any atom is -0.494 e. The van der Waals surface area contributed by atoms with Crippen LogP contribution in [0.2, 0.25) is 0 Å². The third kappa shape index (κ3) is 3.63. The number of rotatable bonds is 6. The number of hydrogen-bond donors (Lipinski definition) is 2. The van der Waals surface area contributed by atoms with Crippen molar-refractivity contribution in [3.05, 3.63) is 60.3 Å². The summed E-state index contributed by atoms with van der Waals surface area (Å²) in [6.45, 7) is 2.57. The molecule has 24 heavy (non-hydrogen) atoms. The van der Waals surface area contributed by atoms with E-state index in [1.54, 1.807) is 6.07 Å². The molecule has 2 N–H and O–H groups in total. The van der Waals surface area contributed by atoms with Crippen LogP contribution in [-0.4, -0.2) is 22.7 Å². The second-order valence-corrected chi connectivity index (χ2v) is 5.33. The first kappa shape index (κ1) is 15.8. The van der Waals surface area contributed by atoms with E-state index in [2.05, 4.69) is 10.3 Å². The number of aliphatic carboxylic acids is 1. The number of pyridine rings is 1. The van der Waals surface area contributed by atoms with Crippen molar-refractivity contribution in [2.24, 2.45) is 0 Å². The van der Waals surface area contributed by atoms with E-state index in [1.807, 2.05) is 55.5 Å². The Balaban J connectivity index is 1.96. The minimum atomic E-state index is -0.898. The summed E-state index contributed by atoms with van der Waals surface area (Å²) in [5.41, 5.74) is 3.02. The van der Waals surface area contributed by atoms with Gasteiger partial charge in [-0.25, -0.2) is 0 Å². The number of nitrogens with zero attached hydrogens (tertiary/aromatic N) is 1. The molecule has 0 aliphatic rings.